The number of nitrogens with one attached hydrogen (secondary N) is 1. The number of benzene rings is 1. The number of morpholine rings is 1. The molecule has 0 aliphatic carbocycles. The molecule has 1 aromatic carbocycles. The molecule has 2 aliphatic heterocycles. The van der Waals surface area contributed by atoms with Crippen LogP contribution in [0.1, 0.15) is 42.2 Å². The van der Waals surface area contributed by atoms with E-state index in [-0.39, 0.29) is 18.0 Å². The number of carbonyl (C=O) groups excluding carboxylic acids is 1. The van der Waals surface area contributed by atoms with Crippen LogP contribution in [0.2, 0.25) is 0 Å². The number of amides is 1. The lowest BCUT2D eigenvalue weighted by Gasteiger charge is -2.37. The van der Waals surface area contributed by atoms with Crippen LogP contribution in [-0.4, -0.2) is 77.7 Å². The third-order valence-corrected chi connectivity index (χ3v) is 7.22. The first-order chi connectivity index (χ1) is 17.0. The van der Waals surface area contributed by atoms with Gasteiger partial charge in [-0.15, -0.1) is 0 Å². The van der Waals surface area contributed by atoms with Crippen molar-refractivity contribution in [1.29, 1.82) is 0 Å². The predicted molar refractivity (Wildman–Crippen MR) is 136 cm³/mol. The first-order valence-electron chi connectivity index (χ1n) is 12.6. The van der Waals surface area contributed by atoms with Gasteiger partial charge in [0.15, 0.2) is 5.65 Å². The Bertz CT molecular complexity index is 1180. The third-order valence-electron chi connectivity index (χ3n) is 7.22. The average molecular weight is 478 g/mol. The first kappa shape index (κ1) is 23.9. The molecule has 1 N–H and O–H groups in total. The summed E-state index contributed by atoms with van der Waals surface area (Å²) in [5.74, 6) is 0.324. The van der Waals surface area contributed by atoms with Gasteiger partial charge in [0.25, 0.3) is 5.91 Å². The van der Waals surface area contributed by atoms with Crippen molar-refractivity contribution in [1.82, 2.24) is 25.0 Å². The number of pyridine rings is 1. The molecule has 2 saturated heterocycles. The highest BCUT2D eigenvalue weighted by molar-refractivity contribution is 6.06. The molecule has 0 radical (unpaired) electrons. The molecule has 35 heavy (non-hydrogen) atoms. The summed E-state index contributed by atoms with van der Waals surface area (Å²) in [6.45, 7) is 11.6. The number of rotatable bonds is 7. The Morgan fingerprint density at radius 1 is 1.17 bits per heavy atom. The number of hydrogen-bond acceptors (Lipinski definition) is 6. The fourth-order valence-electron chi connectivity index (χ4n) is 5.23. The van der Waals surface area contributed by atoms with Gasteiger partial charge in [-0.2, -0.15) is 5.10 Å². The second kappa shape index (κ2) is 10.4. The van der Waals surface area contributed by atoms with Gasteiger partial charge in [-0.05, 0) is 38.8 Å². The van der Waals surface area contributed by atoms with Crippen molar-refractivity contribution in [2.75, 3.05) is 46.1 Å². The summed E-state index contributed by atoms with van der Waals surface area (Å²) in [6.07, 6.45) is 2.79. The van der Waals surface area contributed by atoms with Crippen LogP contribution in [0.25, 0.3) is 22.3 Å². The standard InChI is InChI=1S/C27H35N5O3/c1-18(2)32-26-23(15-29-32)22(14-24(30-26)21-7-5-4-6-19(21)3)27(33)28-16-25(20-8-11-35-17-20)31-9-12-34-13-10-31/h4-7,14-15,18,20,25H,8-13,16-17H2,1-3H3,(H,28,33). The lowest BCUT2D eigenvalue weighted by Crippen LogP contribution is -2.52. The molecular weight excluding hydrogens is 442 g/mol. The van der Waals surface area contributed by atoms with E-state index in [0.29, 0.717) is 18.0 Å². The van der Waals surface area contributed by atoms with Crippen LogP contribution < -0.4 is 5.32 Å². The lowest BCUT2D eigenvalue weighted by molar-refractivity contribution is 0.00167. The zero-order valence-electron chi connectivity index (χ0n) is 20.9. The smallest absolute Gasteiger partial charge is 0.252 e. The quantitative estimate of drug-likeness (QED) is 0.561. The van der Waals surface area contributed by atoms with E-state index in [4.69, 9.17) is 14.5 Å². The van der Waals surface area contributed by atoms with Crippen molar-refractivity contribution in [2.24, 2.45) is 5.92 Å². The van der Waals surface area contributed by atoms with Gasteiger partial charge in [0, 0.05) is 49.8 Å². The van der Waals surface area contributed by atoms with Crippen LogP contribution in [0.3, 0.4) is 0 Å². The number of fused-ring (bicyclic) bond motifs is 1. The summed E-state index contributed by atoms with van der Waals surface area (Å²) in [5.41, 5.74) is 4.28. The highest BCUT2D eigenvalue weighted by Gasteiger charge is 2.32. The maximum absolute atomic E-state index is 13.7. The predicted octanol–water partition coefficient (Wildman–Crippen LogP) is 3.45. The second-order valence-electron chi connectivity index (χ2n) is 9.84. The molecule has 0 spiro atoms. The highest BCUT2D eigenvalue weighted by atomic mass is 16.5. The summed E-state index contributed by atoms with van der Waals surface area (Å²) < 4.78 is 13.1. The maximum Gasteiger partial charge on any atom is 0.252 e. The van der Waals surface area contributed by atoms with Crippen LogP contribution in [0.15, 0.2) is 36.5 Å². The Balaban J connectivity index is 1.46. The fraction of sp³-hybridized carbons (Fsp3) is 0.519. The van der Waals surface area contributed by atoms with E-state index >= 15 is 0 Å². The molecule has 186 valence electrons. The molecular formula is C27H35N5O3. The van der Waals surface area contributed by atoms with Gasteiger partial charge >= 0.3 is 0 Å². The van der Waals surface area contributed by atoms with E-state index in [1.54, 1.807) is 6.20 Å². The molecule has 2 fully saturated rings. The van der Waals surface area contributed by atoms with Crippen LogP contribution >= 0.6 is 0 Å². The molecule has 2 aromatic heterocycles. The van der Waals surface area contributed by atoms with Gasteiger partial charge in [-0.1, -0.05) is 24.3 Å². The van der Waals surface area contributed by atoms with Gasteiger partial charge < -0.3 is 14.8 Å². The number of aromatic nitrogens is 3. The molecule has 2 aliphatic rings. The summed E-state index contributed by atoms with van der Waals surface area (Å²) in [7, 11) is 0. The number of nitrogens with zero attached hydrogens (tertiary/aromatic N) is 4. The molecule has 8 heteroatoms. The molecule has 4 heterocycles. The van der Waals surface area contributed by atoms with Crippen molar-refractivity contribution >= 4 is 16.9 Å². The number of ether oxygens (including phenoxy) is 2. The van der Waals surface area contributed by atoms with Gasteiger partial charge in [-0.3, -0.25) is 9.69 Å². The van der Waals surface area contributed by atoms with E-state index < -0.39 is 0 Å². The van der Waals surface area contributed by atoms with Gasteiger partial charge in [0.05, 0.1) is 42.7 Å². The molecule has 2 unspecified atom stereocenters. The van der Waals surface area contributed by atoms with Crippen molar-refractivity contribution in [3.63, 3.8) is 0 Å². The van der Waals surface area contributed by atoms with E-state index in [0.717, 1.165) is 73.8 Å². The average Bonchev–Trinajstić information content (AvgIpc) is 3.55. The zero-order chi connectivity index (χ0) is 24.4. The van der Waals surface area contributed by atoms with Crippen LogP contribution in [0, 0.1) is 12.8 Å². The molecule has 2 atom stereocenters. The van der Waals surface area contributed by atoms with Crippen molar-refractivity contribution in [3.8, 4) is 11.3 Å². The largest absolute Gasteiger partial charge is 0.381 e. The third kappa shape index (κ3) is 4.96. The van der Waals surface area contributed by atoms with Gasteiger partial charge in [0.1, 0.15) is 0 Å². The maximum atomic E-state index is 13.7. The van der Waals surface area contributed by atoms with Crippen LogP contribution in [-0.2, 0) is 9.47 Å². The Labute approximate surface area is 206 Å². The normalized spacial score (nSPS) is 19.9. The topological polar surface area (TPSA) is 81.5 Å². The van der Waals surface area contributed by atoms with Crippen LogP contribution in [0.5, 0.6) is 0 Å². The molecule has 5 rings (SSSR count). The molecule has 1 amide bonds. The van der Waals surface area contributed by atoms with E-state index in [9.17, 15) is 4.79 Å². The number of carbonyl (C=O) groups is 1. The van der Waals surface area contributed by atoms with Crippen molar-refractivity contribution in [2.45, 2.75) is 39.3 Å². The van der Waals surface area contributed by atoms with Crippen molar-refractivity contribution in [3.05, 3.63) is 47.7 Å². The Kier molecular flexibility index (Phi) is 7.13. The van der Waals surface area contributed by atoms with E-state index in [1.807, 2.05) is 22.9 Å². The Morgan fingerprint density at radius 2 is 1.97 bits per heavy atom. The monoisotopic (exact) mass is 477 g/mol. The Morgan fingerprint density at radius 3 is 2.69 bits per heavy atom. The van der Waals surface area contributed by atoms with E-state index in [2.05, 4.69) is 48.2 Å². The SMILES string of the molecule is Cc1ccccc1-c1cc(C(=O)NCC(C2CCOC2)N2CCOCC2)c2cnn(C(C)C)c2n1. The molecule has 8 nitrogen and oxygen atoms in total. The van der Waals surface area contributed by atoms with Gasteiger partial charge in [-0.25, -0.2) is 9.67 Å². The zero-order valence-corrected chi connectivity index (χ0v) is 20.9. The van der Waals surface area contributed by atoms with Gasteiger partial charge in [0.2, 0.25) is 0 Å². The minimum atomic E-state index is -0.0901. The Hall–Kier alpha value is -2.81. The summed E-state index contributed by atoms with van der Waals surface area (Å²) in [6, 6.07) is 10.4. The van der Waals surface area contributed by atoms with Crippen molar-refractivity contribution < 1.29 is 14.3 Å². The first-order valence-corrected chi connectivity index (χ1v) is 12.6. The number of aryl methyl sites for hydroxylation is 1. The molecule has 0 saturated carbocycles. The highest BCUT2D eigenvalue weighted by Crippen LogP contribution is 2.28. The summed E-state index contributed by atoms with van der Waals surface area (Å²) in [5, 5.41) is 8.60. The number of hydrogen-bond donors (Lipinski definition) is 1. The summed E-state index contributed by atoms with van der Waals surface area (Å²) in [4.78, 5) is 21.0. The minimum absolute atomic E-state index is 0.0901. The fourth-order valence-corrected chi connectivity index (χ4v) is 5.23. The second-order valence-corrected chi connectivity index (χ2v) is 9.84. The van der Waals surface area contributed by atoms with E-state index in [1.165, 1.54) is 0 Å². The molecule has 0 bridgehead atoms. The van der Waals surface area contributed by atoms with Crippen LogP contribution in [0.4, 0.5) is 0 Å². The summed E-state index contributed by atoms with van der Waals surface area (Å²) >= 11 is 0. The minimum Gasteiger partial charge on any atom is -0.381 e. The molecule has 3 aromatic rings. The lowest BCUT2D eigenvalue weighted by atomic mass is 9.96.